The third kappa shape index (κ3) is 4.51. The number of carbonyl (C=O) groups is 2. The minimum absolute atomic E-state index is 0.0583. The number of unbranched alkanes of at least 4 members (excludes halogenated alkanes) is 1. The van der Waals surface area contributed by atoms with Crippen molar-refractivity contribution in [1.82, 2.24) is 4.90 Å². The summed E-state index contributed by atoms with van der Waals surface area (Å²) in [5, 5.41) is 0. The van der Waals surface area contributed by atoms with E-state index in [2.05, 4.69) is 25.7 Å². The maximum absolute atomic E-state index is 12.4. The number of rotatable bonds is 5. The molecule has 2 N–H and O–H groups in total. The van der Waals surface area contributed by atoms with Gasteiger partial charge >= 0.3 is 0 Å². The van der Waals surface area contributed by atoms with E-state index in [1.54, 1.807) is 0 Å². The average Bonchev–Trinajstić information content (AvgIpc) is 2.45. The van der Waals surface area contributed by atoms with Gasteiger partial charge < -0.3 is 10.6 Å². The first kappa shape index (κ1) is 16.0. The van der Waals surface area contributed by atoms with Crippen LogP contribution in [0, 0.1) is 5.92 Å². The molecule has 0 aromatic carbocycles. The highest BCUT2D eigenvalue weighted by Gasteiger charge is 2.36. The van der Waals surface area contributed by atoms with Crippen LogP contribution in [-0.4, -0.2) is 28.8 Å². The standard InChI is InChI=1S/C15H28N2O2/c1-12-8-6-7-11-17(15(12,2)3)14(19)10-5-4-9-13(16)18/h12H,4-11H2,1-3H3,(H2,16,18). The number of hydrogen-bond acceptors (Lipinski definition) is 2. The molecule has 2 amide bonds. The van der Waals surface area contributed by atoms with Crippen molar-refractivity contribution in [1.29, 1.82) is 0 Å². The number of nitrogens with zero attached hydrogens (tertiary/aromatic N) is 1. The van der Waals surface area contributed by atoms with Crippen LogP contribution >= 0.6 is 0 Å². The lowest BCUT2D eigenvalue weighted by Crippen LogP contribution is -2.50. The van der Waals surface area contributed by atoms with Crippen molar-refractivity contribution in [2.45, 2.75) is 71.3 Å². The van der Waals surface area contributed by atoms with Crippen LogP contribution in [0.25, 0.3) is 0 Å². The Morgan fingerprint density at radius 3 is 2.47 bits per heavy atom. The Hall–Kier alpha value is -1.06. The van der Waals surface area contributed by atoms with Gasteiger partial charge in [-0.25, -0.2) is 0 Å². The number of likely N-dealkylation sites (tertiary alicyclic amines) is 1. The first-order valence-electron chi connectivity index (χ1n) is 7.44. The van der Waals surface area contributed by atoms with Crippen LogP contribution in [0.3, 0.4) is 0 Å². The van der Waals surface area contributed by atoms with Crippen LogP contribution in [0.5, 0.6) is 0 Å². The lowest BCUT2D eigenvalue weighted by Gasteiger charge is -2.41. The van der Waals surface area contributed by atoms with E-state index in [1.807, 2.05) is 0 Å². The number of nitrogens with two attached hydrogens (primary N) is 1. The second-order valence-electron chi connectivity index (χ2n) is 6.27. The Morgan fingerprint density at radius 1 is 1.21 bits per heavy atom. The number of hydrogen-bond donors (Lipinski definition) is 1. The van der Waals surface area contributed by atoms with E-state index in [-0.39, 0.29) is 17.4 Å². The molecule has 0 aliphatic carbocycles. The van der Waals surface area contributed by atoms with Gasteiger partial charge in [-0.2, -0.15) is 0 Å². The molecule has 0 bridgehead atoms. The molecule has 19 heavy (non-hydrogen) atoms. The summed E-state index contributed by atoms with van der Waals surface area (Å²) >= 11 is 0. The Kier molecular flexibility index (Phi) is 5.83. The van der Waals surface area contributed by atoms with Crippen molar-refractivity contribution < 1.29 is 9.59 Å². The third-order valence-electron chi connectivity index (χ3n) is 4.54. The minimum Gasteiger partial charge on any atom is -0.370 e. The van der Waals surface area contributed by atoms with Crippen LogP contribution < -0.4 is 5.73 Å². The molecular formula is C15H28N2O2. The maximum atomic E-state index is 12.4. The third-order valence-corrected chi connectivity index (χ3v) is 4.54. The molecule has 0 aromatic heterocycles. The minimum atomic E-state index is -0.281. The zero-order valence-corrected chi connectivity index (χ0v) is 12.6. The summed E-state index contributed by atoms with van der Waals surface area (Å²) in [5.41, 5.74) is 5.04. The van der Waals surface area contributed by atoms with Crippen molar-refractivity contribution in [3.63, 3.8) is 0 Å². The van der Waals surface area contributed by atoms with Crippen LogP contribution in [0.15, 0.2) is 0 Å². The highest BCUT2D eigenvalue weighted by atomic mass is 16.2. The van der Waals surface area contributed by atoms with Crippen molar-refractivity contribution in [3.05, 3.63) is 0 Å². The van der Waals surface area contributed by atoms with Crippen LogP contribution in [0.2, 0.25) is 0 Å². The Balaban J connectivity index is 2.51. The van der Waals surface area contributed by atoms with E-state index in [9.17, 15) is 9.59 Å². The topological polar surface area (TPSA) is 63.4 Å². The van der Waals surface area contributed by atoms with Gasteiger partial charge in [0.2, 0.25) is 11.8 Å². The SMILES string of the molecule is CC1CCCCN(C(=O)CCCCC(N)=O)C1(C)C. The summed E-state index contributed by atoms with van der Waals surface area (Å²) in [6.07, 6.45) is 5.87. The van der Waals surface area contributed by atoms with E-state index in [0.29, 0.717) is 25.2 Å². The molecule has 1 aliphatic rings. The largest absolute Gasteiger partial charge is 0.370 e. The van der Waals surface area contributed by atoms with E-state index in [0.717, 1.165) is 19.4 Å². The zero-order chi connectivity index (χ0) is 14.5. The fourth-order valence-corrected chi connectivity index (χ4v) is 2.78. The van der Waals surface area contributed by atoms with Gasteiger partial charge in [-0.1, -0.05) is 13.3 Å². The quantitative estimate of drug-likeness (QED) is 0.778. The van der Waals surface area contributed by atoms with Gasteiger partial charge in [0.25, 0.3) is 0 Å². The van der Waals surface area contributed by atoms with Crippen LogP contribution in [0.4, 0.5) is 0 Å². The Labute approximate surface area is 116 Å². The Bertz CT molecular complexity index is 326. The van der Waals surface area contributed by atoms with Gasteiger partial charge in [0.1, 0.15) is 0 Å². The lowest BCUT2D eigenvalue weighted by atomic mass is 9.85. The number of amides is 2. The van der Waals surface area contributed by atoms with Crippen LogP contribution in [0.1, 0.15) is 65.7 Å². The van der Waals surface area contributed by atoms with Gasteiger partial charge in [0.05, 0.1) is 0 Å². The van der Waals surface area contributed by atoms with E-state index in [1.165, 1.54) is 12.8 Å². The molecular weight excluding hydrogens is 240 g/mol. The van der Waals surface area contributed by atoms with E-state index < -0.39 is 0 Å². The molecule has 0 aromatic rings. The predicted octanol–water partition coefficient (Wildman–Crippen LogP) is 2.46. The first-order valence-corrected chi connectivity index (χ1v) is 7.44. The molecule has 1 fully saturated rings. The molecule has 0 radical (unpaired) electrons. The van der Waals surface area contributed by atoms with Crippen molar-refractivity contribution in [2.75, 3.05) is 6.54 Å². The van der Waals surface area contributed by atoms with Gasteiger partial charge in [-0.05, 0) is 45.4 Å². The zero-order valence-electron chi connectivity index (χ0n) is 12.6. The highest BCUT2D eigenvalue weighted by molar-refractivity contribution is 5.77. The van der Waals surface area contributed by atoms with Gasteiger partial charge in [-0.15, -0.1) is 0 Å². The number of carbonyl (C=O) groups excluding carboxylic acids is 2. The van der Waals surface area contributed by atoms with Crippen molar-refractivity contribution >= 4 is 11.8 Å². The summed E-state index contributed by atoms with van der Waals surface area (Å²) < 4.78 is 0. The summed E-state index contributed by atoms with van der Waals surface area (Å²) in [7, 11) is 0. The molecule has 1 rings (SSSR count). The van der Waals surface area contributed by atoms with Gasteiger partial charge in [0.15, 0.2) is 0 Å². The first-order chi connectivity index (χ1) is 8.85. The van der Waals surface area contributed by atoms with Crippen molar-refractivity contribution in [3.8, 4) is 0 Å². The maximum Gasteiger partial charge on any atom is 0.223 e. The summed E-state index contributed by atoms with van der Waals surface area (Å²) in [5.74, 6) is 0.476. The summed E-state index contributed by atoms with van der Waals surface area (Å²) in [4.78, 5) is 25.1. The lowest BCUT2D eigenvalue weighted by molar-refractivity contribution is -0.138. The molecule has 110 valence electrons. The molecule has 0 saturated carbocycles. The second-order valence-corrected chi connectivity index (χ2v) is 6.27. The normalized spacial score (nSPS) is 22.9. The van der Waals surface area contributed by atoms with Gasteiger partial charge in [0, 0.05) is 24.9 Å². The van der Waals surface area contributed by atoms with Crippen molar-refractivity contribution in [2.24, 2.45) is 11.7 Å². The predicted molar refractivity (Wildman–Crippen MR) is 76.5 cm³/mol. The highest BCUT2D eigenvalue weighted by Crippen LogP contribution is 2.32. The Morgan fingerprint density at radius 2 is 1.84 bits per heavy atom. The van der Waals surface area contributed by atoms with E-state index in [4.69, 9.17) is 5.73 Å². The molecule has 1 heterocycles. The number of primary amides is 1. The summed E-state index contributed by atoms with van der Waals surface area (Å²) in [6.45, 7) is 7.44. The summed E-state index contributed by atoms with van der Waals surface area (Å²) in [6, 6.07) is 0. The molecule has 4 nitrogen and oxygen atoms in total. The molecule has 1 saturated heterocycles. The molecule has 1 aliphatic heterocycles. The average molecular weight is 268 g/mol. The monoisotopic (exact) mass is 268 g/mol. The second kappa shape index (κ2) is 6.92. The molecule has 4 heteroatoms. The fraction of sp³-hybridized carbons (Fsp3) is 0.867. The smallest absolute Gasteiger partial charge is 0.223 e. The molecule has 1 atom stereocenters. The molecule has 1 unspecified atom stereocenters. The molecule has 0 spiro atoms. The fourth-order valence-electron chi connectivity index (χ4n) is 2.78. The van der Waals surface area contributed by atoms with Crippen LogP contribution in [-0.2, 0) is 9.59 Å². The van der Waals surface area contributed by atoms with E-state index >= 15 is 0 Å². The van der Waals surface area contributed by atoms with Gasteiger partial charge in [-0.3, -0.25) is 9.59 Å².